The summed E-state index contributed by atoms with van der Waals surface area (Å²) in [6, 6.07) is 5.53. The summed E-state index contributed by atoms with van der Waals surface area (Å²) < 4.78 is 38.8. The van der Waals surface area contributed by atoms with Gasteiger partial charge in [-0.2, -0.15) is 0 Å². The van der Waals surface area contributed by atoms with E-state index in [0.29, 0.717) is 19.1 Å². The maximum Gasteiger partial charge on any atom is 0.240 e. The molecule has 94 valence electrons. The van der Waals surface area contributed by atoms with Crippen molar-refractivity contribution in [2.24, 2.45) is 0 Å². The Labute approximate surface area is 100 Å². The van der Waals surface area contributed by atoms with Gasteiger partial charge >= 0.3 is 0 Å². The van der Waals surface area contributed by atoms with E-state index in [2.05, 4.69) is 10.0 Å². The molecule has 4 nitrogen and oxygen atoms in total. The van der Waals surface area contributed by atoms with Crippen molar-refractivity contribution in [1.29, 1.82) is 0 Å². The molecule has 1 fully saturated rings. The van der Waals surface area contributed by atoms with E-state index in [1.54, 1.807) is 0 Å². The Bertz CT molecular complexity index is 486. The average Bonchev–Trinajstić information content (AvgIpc) is 3.08. The van der Waals surface area contributed by atoms with Gasteiger partial charge in [-0.05, 0) is 31.0 Å². The molecule has 0 aromatic heterocycles. The van der Waals surface area contributed by atoms with Gasteiger partial charge in [0.1, 0.15) is 5.82 Å². The summed E-state index contributed by atoms with van der Waals surface area (Å²) in [6.45, 7) is 0.911. The van der Waals surface area contributed by atoms with Crippen LogP contribution in [0.2, 0.25) is 0 Å². The number of rotatable bonds is 6. The van der Waals surface area contributed by atoms with E-state index in [0.717, 1.165) is 18.9 Å². The first kappa shape index (κ1) is 12.5. The molecule has 0 bridgehead atoms. The molecule has 1 aliphatic rings. The number of nitrogens with one attached hydrogen (secondary N) is 2. The summed E-state index contributed by atoms with van der Waals surface area (Å²) in [4.78, 5) is -0.0380. The van der Waals surface area contributed by atoms with Gasteiger partial charge in [0.25, 0.3) is 0 Å². The molecule has 1 aliphatic carbocycles. The van der Waals surface area contributed by atoms with Crippen molar-refractivity contribution in [3.05, 3.63) is 30.1 Å². The second kappa shape index (κ2) is 5.12. The monoisotopic (exact) mass is 258 g/mol. The lowest BCUT2D eigenvalue weighted by molar-refractivity contribution is 0.572. The first-order valence-corrected chi connectivity index (χ1v) is 7.05. The van der Waals surface area contributed by atoms with Crippen molar-refractivity contribution in [1.82, 2.24) is 10.0 Å². The molecule has 1 saturated carbocycles. The van der Waals surface area contributed by atoms with Gasteiger partial charge < -0.3 is 5.32 Å². The number of sulfonamides is 1. The van der Waals surface area contributed by atoms with E-state index in [9.17, 15) is 12.8 Å². The molecule has 0 atom stereocenters. The van der Waals surface area contributed by atoms with Crippen molar-refractivity contribution in [3.8, 4) is 0 Å². The fraction of sp³-hybridized carbons (Fsp3) is 0.455. The largest absolute Gasteiger partial charge is 0.313 e. The summed E-state index contributed by atoms with van der Waals surface area (Å²) in [5.41, 5.74) is 0. The first-order valence-electron chi connectivity index (χ1n) is 5.56. The average molecular weight is 258 g/mol. The van der Waals surface area contributed by atoms with E-state index in [1.165, 1.54) is 18.2 Å². The highest BCUT2D eigenvalue weighted by Gasteiger charge is 2.20. The molecule has 0 spiro atoms. The van der Waals surface area contributed by atoms with Crippen molar-refractivity contribution in [2.45, 2.75) is 23.8 Å². The number of hydrogen-bond acceptors (Lipinski definition) is 3. The van der Waals surface area contributed by atoms with Crippen LogP contribution in [0.4, 0.5) is 4.39 Å². The SMILES string of the molecule is O=S(=O)(NCCNC1CC1)c1cccc(F)c1. The highest BCUT2D eigenvalue weighted by Crippen LogP contribution is 2.17. The van der Waals surface area contributed by atoms with Crippen LogP contribution >= 0.6 is 0 Å². The van der Waals surface area contributed by atoms with E-state index in [4.69, 9.17) is 0 Å². The normalized spacial score (nSPS) is 16.1. The van der Waals surface area contributed by atoms with Gasteiger partial charge in [0, 0.05) is 19.1 Å². The summed E-state index contributed by atoms with van der Waals surface area (Å²) in [5.74, 6) is -0.552. The molecule has 0 aliphatic heterocycles. The Kier molecular flexibility index (Phi) is 3.76. The zero-order chi connectivity index (χ0) is 12.3. The van der Waals surface area contributed by atoms with E-state index in [-0.39, 0.29) is 4.90 Å². The topological polar surface area (TPSA) is 58.2 Å². The van der Waals surface area contributed by atoms with Crippen molar-refractivity contribution >= 4 is 10.0 Å². The van der Waals surface area contributed by atoms with Gasteiger partial charge in [0.15, 0.2) is 0 Å². The van der Waals surface area contributed by atoms with Crippen LogP contribution < -0.4 is 10.0 Å². The fourth-order valence-electron chi connectivity index (χ4n) is 1.47. The molecule has 0 saturated heterocycles. The van der Waals surface area contributed by atoms with Crippen LogP contribution in [0.25, 0.3) is 0 Å². The summed E-state index contributed by atoms with van der Waals surface area (Å²) in [7, 11) is -3.59. The quantitative estimate of drug-likeness (QED) is 0.744. The number of halogens is 1. The van der Waals surface area contributed by atoms with Gasteiger partial charge in [-0.3, -0.25) is 0 Å². The Morgan fingerprint density at radius 3 is 2.71 bits per heavy atom. The highest BCUT2D eigenvalue weighted by molar-refractivity contribution is 7.89. The molecule has 2 N–H and O–H groups in total. The van der Waals surface area contributed by atoms with Crippen LogP contribution in [0.5, 0.6) is 0 Å². The van der Waals surface area contributed by atoms with E-state index >= 15 is 0 Å². The molecule has 0 radical (unpaired) electrons. The summed E-state index contributed by atoms with van der Waals surface area (Å²) in [5, 5.41) is 3.19. The minimum Gasteiger partial charge on any atom is -0.313 e. The second-order valence-corrected chi connectivity index (χ2v) is 5.85. The van der Waals surface area contributed by atoms with Crippen LogP contribution in [0, 0.1) is 5.82 Å². The highest BCUT2D eigenvalue weighted by atomic mass is 32.2. The maximum atomic E-state index is 12.9. The Balaban J connectivity index is 1.88. The molecular weight excluding hydrogens is 243 g/mol. The predicted octanol–water partition coefficient (Wildman–Crippen LogP) is 0.856. The molecule has 1 aromatic carbocycles. The van der Waals surface area contributed by atoms with E-state index < -0.39 is 15.8 Å². The maximum absolute atomic E-state index is 12.9. The van der Waals surface area contributed by atoms with Crippen LogP contribution in [0.1, 0.15) is 12.8 Å². The molecule has 2 rings (SSSR count). The van der Waals surface area contributed by atoms with Crippen molar-refractivity contribution in [3.63, 3.8) is 0 Å². The third-order valence-corrected chi connectivity index (χ3v) is 3.99. The Morgan fingerprint density at radius 1 is 1.29 bits per heavy atom. The second-order valence-electron chi connectivity index (χ2n) is 4.08. The van der Waals surface area contributed by atoms with Gasteiger partial charge in [-0.25, -0.2) is 17.5 Å². The summed E-state index contributed by atoms with van der Waals surface area (Å²) >= 11 is 0. The summed E-state index contributed by atoms with van der Waals surface area (Å²) in [6.07, 6.45) is 2.33. The van der Waals surface area contributed by atoms with Gasteiger partial charge in [0.2, 0.25) is 10.0 Å². The molecule has 0 unspecified atom stereocenters. The number of hydrogen-bond donors (Lipinski definition) is 2. The Hall–Kier alpha value is -0.980. The van der Waals surface area contributed by atoms with Gasteiger partial charge in [-0.1, -0.05) is 6.07 Å². The molecule has 17 heavy (non-hydrogen) atoms. The first-order chi connectivity index (χ1) is 8.08. The van der Waals surface area contributed by atoms with Gasteiger partial charge in [0.05, 0.1) is 4.90 Å². The van der Waals surface area contributed by atoms with Crippen LogP contribution in [0.15, 0.2) is 29.2 Å². The minimum atomic E-state index is -3.59. The number of benzene rings is 1. The van der Waals surface area contributed by atoms with Crippen molar-refractivity contribution < 1.29 is 12.8 Å². The molecule has 0 heterocycles. The van der Waals surface area contributed by atoms with Crippen molar-refractivity contribution in [2.75, 3.05) is 13.1 Å². The zero-order valence-electron chi connectivity index (χ0n) is 9.32. The standard InChI is InChI=1S/C11H15FN2O2S/c12-9-2-1-3-11(8-9)17(15,16)14-7-6-13-10-4-5-10/h1-3,8,10,13-14H,4-7H2. The van der Waals surface area contributed by atoms with E-state index in [1.807, 2.05) is 0 Å². The third-order valence-electron chi connectivity index (χ3n) is 2.53. The lowest BCUT2D eigenvalue weighted by atomic mass is 10.4. The predicted molar refractivity (Wildman–Crippen MR) is 62.6 cm³/mol. The zero-order valence-corrected chi connectivity index (χ0v) is 10.1. The molecular formula is C11H15FN2O2S. The molecule has 1 aromatic rings. The lowest BCUT2D eigenvalue weighted by Gasteiger charge is -2.07. The van der Waals surface area contributed by atoms with Gasteiger partial charge in [-0.15, -0.1) is 0 Å². The minimum absolute atomic E-state index is 0.0380. The van der Waals surface area contributed by atoms with Crippen LogP contribution in [-0.2, 0) is 10.0 Å². The molecule has 0 amide bonds. The van der Waals surface area contributed by atoms with Crippen LogP contribution in [-0.4, -0.2) is 27.5 Å². The fourth-order valence-corrected chi connectivity index (χ4v) is 2.53. The Morgan fingerprint density at radius 2 is 2.06 bits per heavy atom. The smallest absolute Gasteiger partial charge is 0.240 e. The lowest BCUT2D eigenvalue weighted by Crippen LogP contribution is -2.32. The molecule has 6 heteroatoms. The third kappa shape index (κ3) is 3.76. The van der Waals surface area contributed by atoms with Crippen LogP contribution in [0.3, 0.4) is 0 Å².